The Kier molecular flexibility index (Phi) is 5.23. The molecule has 1 heterocycles. The van der Waals surface area contributed by atoms with Crippen molar-refractivity contribution >= 4 is 23.4 Å². The Bertz CT molecular complexity index is 779. The number of nitro groups is 1. The lowest BCUT2D eigenvalue weighted by Crippen LogP contribution is -2.31. The van der Waals surface area contributed by atoms with Crippen molar-refractivity contribution in [1.82, 2.24) is 4.90 Å². The maximum Gasteiger partial charge on any atom is 0.269 e. The normalized spacial score (nSPS) is 16.7. The quantitative estimate of drug-likeness (QED) is 0.605. The number of carbonyl (C=O) groups is 1. The van der Waals surface area contributed by atoms with Crippen LogP contribution in [0.3, 0.4) is 0 Å². The summed E-state index contributed by atoms with van der Waals surface area (Å²) in [5.41, 5.74) is 1.81. The fourth-order valence-electron chi connectivity index (χ4n) is 2.88. The highest BCUT2D eigenvalue weighted by Gasteiger charge is 2.31. The fourth-order valence-corrected chi connectivity index (χ4v) is 4.15. The van der Waals surface area contributed by atoms with E-state index in [1.54, 1.807) is 31.0 Å². The van der Waals surface area contributed by atoms with Crippen LogP contribution in [-0.4, -0.2) is 35.1 Å². The van der Waals surface area contributed by atoms with Gasteiger partial charge in [0.1, 0.15) is 11.1 Å². The van der Waals surface area contributed by atoms with E-state index >= 15 is 0 Å². The van der Waals surface area contributed by atoms with Crippen LogP contribution in [0.5, 0.6) is 5.75 Å². The number of carbonyl (C=O) groups excluding carboxylic acids is 1. The second-order valence-corrected chi connectivity index (χ2v) is 6.84. The van der Waals surface area contributed by atoms with Crippen LogP contribution in [0, 0.1) is 10.1 Å². The number of thioether (sulfide) groups is 1. The van der Waals surface area contributed by atoms with Gasteiger partial charge in [-0.1, -0.05) is 18.2 Å². The van der Waals surface area contributed by atoms with Gasteiger partial charge in [0, 0.05) is 30.0 Å². The number of hydrogen-bond acceptors (Lipinski definition) is 5. The lowest BCUT2D eigenvalue weighted by atomic mass is 10.1. The summed E-state index contributed by atoms with van der Waals surface area (Å²) in [5.74, 6) is 1.58. The molecule has 25 heavy (non-hydrogen) atoms. The Hall–Kier alpha value is -2.54. The standard InChI is InChI=1S/C18H18N2O4S/c1-24-16-5-3-2-4-14(16)12-17(21)19-10-11-25-18(19)13-6-8-15(9-7-13)20(22)23/h2-9,18H,10-12H2,1H3. The smallest absolute Gasteiger partial charge is 0.269 e. The number of benzene rings is 2. The monoisotopic (exact) mass is 358 g/mol. The van der Waals surface area contributed by atoms with Crippen LogP contribution in [0.25, 0.3) is 0 Å². The molecule has 1 unspecified atom stereocenters. The van der Waals surface area contributed by atoms with Crippen molar-refractivity contribution in [2.75, 3.05) is 19.4 Å². The molecule has 1 saturated heterocycles. The molecule has 1 aliphatic heterocycles. The molecule has 0 radical (unpaired) electrons. The zero-order chi connectivity index (χ0) is 17.8. The Morgan fingerprint density at radius 2 is 2.00 bits per heavy atom. The predicted molar refractivity (Wildman–Crippen MR) is 96.7 cm³/mol. The summed E-state index contributed by atoms with van der Waals surface area (Å²) in [6.45, 7) is 0.667. The third-order valence-corrected chi connectivity index (χ3v) is 5.40. The molecule has 2 aromatic rings. The van der Waals surface area contributed by atoms with Crippen molar-refractivity contribution in [2.24, 2.45) is 0 Å². The van der Waals surface area contributed by atoms with Gasteiger partial charge in [0.05, 0.1) is 18.5 Å². The molecule has 6 nitrogen and oxygen atoms in total. The van der Waals surface area contributed by atoms with Crippen LogP contribution in [0.1, 0.15) is 16.5 Å². The second kappa shape index (κ2) is 7.57. The summed E-state index contributed by atoms with van der Waals surface area (Å²) in [6, 6.07) is 13.9. The highest BCUT2D eigenvalue weighted by Crippen LogP contribution is 2.38. The number of non-ortho nitro benzene ring substituents is 1. The zero-order valence-corrected chi connectivity index (χ0v) is 14.6. The Labute approximate surface area is 149 Å². The molecule has 0 bridgehead atoms. The molecule has 1 amide bonds. The number of amides is 1. The summed E-state index contributed by atoms with van der Waals surface area (Å²) in [4.78, 5) is 25.0. The SMILES string of the molecule is COc1ccccc1CC(=O)N1CCSC1c1ccc([N+](=O)[O-])cc1. The van der Waals surface area contributed by atoms with Crippen LogP contribution in [0.2, 0.25) is 0 Å². The molecule has 0 N–H and O–H groups in total. The predicted octanol–water partition coefficient (Wildman–Crippen LogP) is 3.42. The second-order valence-electron chi connectivity index (χ2n) is 5.65. The first-order chi connectivity index (χ1) is 12.1. The minimum absolute atomic E-state index is 0.0258. The minimum Gasteiger partial charge on any atom is -0.496 e. The minimum atomic E-state index is -0.420. The van der Waals surface area contributed by atoms with Crippen LogP contribution in [0.4, 0.5) is 5.69 Å². The number of nitrogens with zero attached hydrogens (tertiary/aromatic N) is 2. The molecular formula is C18H18N2O4S. The molecule has 0 aromatic heterocycles. The third kappa shape index (κ3) is 3.76. The highest BCUT2D eigenvalue weighted by molar-refractivity contribution is 7.99. The van der Waals surface area contributed by atoms with Gasteiger partial charge in [-0.05, 0) is 23.8 Å². The topological polar surface area (TPSA) is 72.7 Å². The van der Waals surface area contributed by atoms with Gasteiger partial charge in [0.15, 0.2) is 0 Å². The molecule has 1 fully saturated rings. The largest absolute Gasteiger partial charge is 0.496 e. The molecule has 130 valence electrons. The summed E-state index contributed by atoms with van der Waals surface area (Å²) in [6.07, 6.45) is 0.272. The first kappa shape index (κ1) is 17.3. The summed E-state index contributed by atoms with van der Waals surface area (Å²) in [5, 5.41) is 10.7. The van der Waals surface area contributed by atoms with Gasteiger partial charge in [-0.15, -0.1) is 11.8 Å². The molecule has 0 saturated carbocycles. The average Bonchev–Trinajstić information content (AvgIpc) is 3.12. The van der Waals surface area contributed by atoms with E-state index in [0.29, 0.717) is 12.3 Å². The Balaban J connectivity index is 1.76. The van der Waals surface area contributed by atoms with Crippen molar-refractivity contribution in [2.45, 2.75) is 11.8 Å². The van der Waals surface area contributed by atoms with E-state index in [9.17, 15) is 14.9 Å². The van der Waals surface area contributed by atoms with Crippen molar-refractivity contribution in [3.05, 3.63) is 69.8 Å². The molecule has 7 heteroatoms. The number of rotatable bonds is 5. The lowest BCUT2D eigenvalue weighted by Gasteiger charge is -2.24. The van der Waals surface area contributed by atoms with E-state index in [0.717, 1.165) is 16.9 Å². The van der Waals surface area contributed by atoms with Crippen molar-refractivity contribution in [1.29, 1.82) is 0 Å². The van der Waals surface area contributed by atoms with Crippen LogP contribution < -0.4 is 4.74 Å². The third-order valence-electron chi connectivity index (χ3n) is 4.13. The van der Waals surface area contributed by atoms with Gasteiger partial charge in [-0.2, -0.15) is 0 Å². The van der Waals surface area contributed by atoms with E-state index in [-0.39, 0.29) is 23.4 Å². The van der Waals surface area contributed by atoms with Crippen LogP contribution in [0.15, 0.2) is 48.5 Å². The molecule has 0 aliphatic carbocycles. The van der Waals surface area contributed by atoms with E-state index in [4.69, 9.17) is 4.74 Å². The van der Waals surface area contributed by atoms with Gasteiger partial charge in [0.2, 0.25) is 5.91 Å². The van der Waals surface area contributed by atoms with E-state index in [2.05, 4.69) is 0 Å². The Morgan fingerprint density at radius 3 is 2.68 bits per heavy atom. The molecule has 3 rings (SSSR count). The van der Waals surface area contributed by atoms with Crippen LogP contribution in [-0.2, 0) is 11.2 Å². The molecule has 1 atom stereocenters. The molecule has 2 aromatic carbocycles. The zero-order valence-electron chi connectivity index (χ0n) is 13.8. The fraction of sp³-hybridized carbons (Fsp3) is 0.278. The number of nitro benzene ring substituents is 1. The van der Waals surface area contributed by atoms with Gasteiger partial charge >= 0.3 is 0 Å². The van der Waals surface area contributed by atoms with Crippen molar-refractivity contribution < 1.29 is 14.5 Å². The summed E-state index contributed by atoms with van der Waals surface area (Å²) in [7, 11) is 1.59. The van der Waals surface area contributed by atoms with Gasteiger partial charge in [-0.3, -0.25) is 14.9 Å². The van der Waals surface area contributed by atoms with E-state index in [1.807, 2.05) is 29.2 Å². The summed E-state index contributed by atoms with van der Waals surface area (Å²) < 4.78 is 5.32. The number of hydrogen-bond donors (Lipinski definition) is 0. The maximum atomic E-state index is 12.8. The number of ether oxygens (including phenoxy) is 1. The van der Waals surface area contributed by atoms with Gasteiger partial charge in [-0.25, -0.2) is 0 Å². The lowest BCUT2D eigenvalue weighted by molar-refractivity contribution is -0.384. The van der Waals surface area contributed by atoms with Crippen molar-refractivity contribution in [3.8, 4) is 5.75 Å². The van der Waals surface area contributed by atoms with Gasteiger partial charge in [0.25, 0.3) is 5.69 Å². The van der Waals surface area contributed by atoms with E-state index in [1.165, 1.54) is 12.1 Å². The Morgan fingerprint density at radius 1 is 1.28 bits per heavy atom. The summed E-state index contributed by atoms with van der Waals surface area (Å²) >= 11 is 1.67. The molecule has 1 aliphatic rings. The van der Waals surface area contributed by atoms with Gasteiger partial charge < -0.3 is 9.64 Å². The number of para-hydroxylation sites is 1. The maximum absolute atomic E-state index is 12.8. The first-order valence-corrected chi connectivity index (χ1v) is 8.92. The molecule has 0 spiro atoms. The first-order valence-electron chi connectivity index (χ1n) is 7.87. The van der Waals surface area contributed by atoms with Crippen LogP contribution >= 0.6 is 11.8 Å². The van der Waals surface area contributed by atoms with E-state index < -0.39 is 4.92 Å². The number of methoxy groups -OCH3 is 1. The average molecular weight is 358 g/mol. The van der Waals surface area contributed by atoms with Crippen molar-refractivity contribution in [3.63, 3.8) is 0 Å². The highest BCUT2D eigenvalue weighted by atomic mass is 32.2. The molecular weight excluding hydrogens is 340 g/mol.